The van der Waals surface area contributed by atoms with E-state index >= 15 is 0 Å². The summed E-state index contributed by atoms with van der Waals surface area (Å²) in [5, 5.41) is 3.41. The van der Waals surface area contributed by atoms with Crippen LogP contribution in [0.3, 0.4) is 0 Å². The van der Waals surface area contributed by atoms with Gasteiger partial charge in [0, 0.05) is 4.47 Å². The molecule has 0 saturated heterocycles. The highest BCUT2D eigenvalue weighted by Crippen LogP contribution is 2.21. The maximum atomic E-state index is 5.73. The number of benzene rings is 1. The summed E-state index contributed by atoms with van der Waals surface area (Å²) in [5.74, 6) is 0.972. The largest absolute Gasteiger partial charge is 0.494 e. The monoisotopic (exact) mass is 313 g/mol. The van der Waals surface area contributed by atoms with Gasteiger partial charge in [0.25, 0.3) is 0 Å². The topological polar surface area (TPSA) is 21.3 Å². The Hall–Kier alpha value is -0.540. The smallest absolute Gasteiger partial charge is 0.119 e. The van der Waals surface area contributed by atoms with Crippen LogP contribution in [0.15, 0.2) is 22.7 Å². The van der Waals surface area contributed by atoms with Crippen LogP contribution >= 0.6 is 15.9 Å². The number of halogens is 1. The van der Waals surface area contributed by atoms with Crippen LogP contribution < -0.4 is 10.1 Å². The van der Waals surface area contributed by atoms with Crippen molar-refractivity contribution in [3.63, 3.8) is 0 Å². The highest BCUT2D eigenvalue weighted by atomic mass is 79.9. The van der Waals surface area contributed by atoms with Crippen LogP contribution in [0.25, 0.3) is 0 Å². The molecular formula is C15H24BrNO. The van der Waals surface area contributed by atoms with E-state index in [0.717, 1.165) is 36.3 Å². The summed E-state index contributed by atoms with van der Waals surface area (Å²) in [6.45, 7) is 7.35. The molecule has 102 valence electrons. The van der Waals surface area contributed by atoms with E-state index in [1.54, 1.807) is 0 Å². The van der Waals surface area contributed by atoms with Crippen LogP contribution in [0.2, 0.25) is 0 Å². The summed E-state index contributed by atoms with van der Waals surface area (Å²) in [6, 6.07) is 6.13. The summed E-state index contributed by atoms with van der Waals surface area (Å²) in [7, 11) is 0. The van der Waals surface area contributed by atoms with Gasteiger partial charge < -0.3 is 10.1 Å². The second-order valence-corrected chi connectivity index (χ2v) is 5.42. The zero-order valence-electron chi connectivity index (χ0n) is 11.5. The molecule has 1 aromatic rings. The van der Waals surface area contributed by atoms with Crippen molar-refractivity contribution in [1.29, 1.82) is 0 Å². The molecule has 0 amide bonds. The van der Waals surface area contributed by atoms with E-state index < -0.39 is 0 Å². The summed E-state index contributed by atoms with van der Waals surface area (Å²) in [4.78, 5) is 0. The number of hydrogen-bond acceptors (Lipinski definition) is 2. The van der Waals surface area contributed by atoms with Crippen molar-refractivity contribution in [2.45, 2.75) is 39.5 Å². The SMILES string of the molecule is CCCNCCCCCOc1ccc(Br)c(C)c1. The lowest BCUT2D eigenvalue weighted by molar-refractivity contribution is 0.304. The highest BCUT2D eigenvalue weighted by Gasteiger charge is 1.98. The Labute approximate surface area is 119 Å². The van der Waals surface area contributed by atoms with Crippen molar-refractivity contribution in [2.24, 2.45) is 0 Å². The Kier molecular flexibility index (Phi) is 8.10. The quantitative estimate of drug-likeness (QED) is 0.686. The van der Waals surface area contributed by atoms with Crippen molar-refractivity contribution in [2.75, 3.05) is 19.7 Å². The molecule has 0 aliphatic rings. The molecule has 2 nitrogen and oxygen atoms in total. The Bertz CT molecular complexity index is 341. The molecule has 18 heavy (non-hydrogen) atoms. The summed E-state index contributed by atoms with van der Waals surface area (Å²) < 4.78 is 6.86. The fourth-order valence-electron chi connectivity index (χ4n) is 1.73. The minimum Gasteiger partial charge on any atom is -0.494 e. The molecule has 0 aliphatic carbocycles. The predicted molar refractivity (Wildman–Crippen MR) is 81.4 cm³/mol. The third kappa shape index (κ3) is 6.41. The van der Waals surface area contributed by atoms with E-state index in [0.29, 0.717) is 0 Å². The molecule has 0 fully saturated rings. The van der Waals surface area contributed by atoms with Crippen LogP contribution in [0, 0.1) is 6.92 Å². The molecule has 1 rings (SSSR count). The lowest BCUT2D eigenvalue weighted by Gasteiger charge is -2.08. The highest BCUT2D eigenvalue weighted by molar-refractivity contribution is 9.10. The van der Waals surface area contributed by atoms with Gasteiger partial charge in [0.2, 0.25) is 0 Å². The molecular weight excluding hydrogens is 290 g/mol. The third-order valence-corrected chi connectivity index (χ3v) is 3.71. The Morgan fingerprint density at radius 3 is 2.72 bits per heavy atom. The number of hydrogen-bond donors (Lipinski definition) is 1. The van der Waals surface area contributed by atoms with E-state index in [-0.39, 0.29) is 0 Å². The van der Waals surface area contributed by atoms with Crippen molar-refractivity contribution in [3.05, 3.63) is 28.2 Å². The molecule has 1 N–H and O–H groups in total. The average molecular weight is 314 g/mol. The minimum absolute atomic E-state index is 0.814. The van der Waals surface area contributed by atoms with Gasteiger partial charge in [-0.25, -0.2) is 0 Å². The Morgan fingerprint density at radius 1 is 1.17 bits per heavy atom. The zero-order chi connectivity index (χ0) is 13.2. The van der Waals surface area contributed by atoms with Gasteiger partial charge in [-0.15, -0.1) is 0 Å². The second kappa shape index (κ2) is 9.40. The second-order valence-electron chi connectivity index (χ2n) is 4.57. The molecule has 3 heteroatoms. The van der Waals surface area contributed by atoms with Crippen LogP contribution in [0.4, 0.5) is 0 Å². The molecule has 0 aliphatic heterocycles. The van der Waals surface area contributed by atoms with Gasteiger partial charge >= 0.3 is 0 Å². The number of nitrogens with one attached hydrogen (secondary N) is 1. The molecule has 0 atom stereocenters. The van der Waals surface area contributed by atoms with E-state index in [1.165, 1.54) is 24.8 Å². The van der Waals surface area contributed by atoms with Gasteiger partial charge in [0.15, 0.2) is 0 Å². The minimum atomic E-state index is 0.814. The Morgan fingerprint density at radius 2 is 2.00 bits per heavy atom. The third-order valence-electron chi connectivity index (χ3n) is 2.82. The summed E-state index contributed by atoms with van der Waals surface area (Å²) in [6.07, 6.45) is 4.81. The van der Waals surface area contributed by atoms with E-state index in [4.69, 9.17) is 4.74 Å². The molecule has 1 aromatic carbocycles. The van der Waals surface area contributed by atoms with Gasteiger partial charge in [0.05, 0.1) is 6.61 Å². The van der Waals surface area contributed by atoms with Crippen molar-refractivity contribution in [1.82, 2.24) is 5.32 Å². The van der Waals surface area contributed by atoms with Crippen LogP contribution in [0.5, 0.6) is 5.75 Å². The molecule has 0 aromatic heterocycles. The summed E-state index contributed by atoms with van der Waals surface area (Å²) >= 11 is 3.49. The van der Waals surface area contributed by atoms with E-state index in [1.807, 2.05) is 12.1 Å². The molecule has 0 bridgehead atoms. The zero-order valence-corrected chi connectivity index (χ0v) is 13.1. The maximum Gasteiger partial charge on any atom is 0.119 e. The van der Waals surface area contributed by atoms with Gasteiger partial charge in [0.1, 0.15) is 5.75 Å². The lowest BCUT2D eigenvalue weighted by atomic mass is 10.2. The Balaban J connectivity index is 2.05. The standard InChI is InChI=1S/C15H24BrNO/c1-3-9-17-10-5-4-6-11-18-14-7-8-15(16)13(2)12-14/h7-8,12,17H,3-6,9-11H2,1-2H3. The van der Waals surface area contributed by atoms with Gasteiger partial charge in [-0.3, -0.25) is 0 Å². The molecule has 0 heterocycles. The first-order valence-electron chi connectivity index (χ1n) is 6.83. The fraction of sp³-hybridized carbons (Fsp3) is 0.600. The predicted octanol–water partition coefficient (Wildman–Crippen LogP) is 4.31. The normalized spacial score (nSPS) is 10.6. The number of rotatable bonds is 9. The van der Waals surface area contributed by atoms with Gasteiger partial charge in [-0.05, 0) is 69.5 Å². The van der Waals surface area contributed by atoms with Crippen molar-refractivity contribution < 1.29 is 4.74 Å². The fourth-order valence-corrected chi connectivity index (χ4v) is 1.97. The van der Waals surface area contributed by atoms with Gasteiger partial charge in [-0.2, -0.15) is 0 Å². The number of aryl methyl sites for hydroxylation is 1. The number of ether oxygens (including phenoxy) is 1. The van der Waals surface area contributed by atoms with Crippen LogP contribution in [0.1, 0.15) is 38.2 Å². The summed E-state index contributed by atoms with van der Waals surface area (Å²) in [5.41, 5.74) is 1.22. The van der Waals surface area contributed by atoms with E-state index in [2.05, 4.69) is 41.2 Å². The molecule has 0 radical (unpaired) electrons. The first-order chi connectivity index (χ1) is 8.74. The first-order valence-corrected chi connectivity index (χ1v) is 7.63. The number of unbranched alkanes of at least 4 members (excludes halogenated alkanes) is 2. The van der Waals surface area contributed by atoms with Crippen molar-refractivity contribution >= 4 is 15.9 Å². The van der Waals surface area contributed by atoms with Crippen LogP contribution in [-0.4, -0.2) is 19.7 Å². The average Bonchev–Trinajstić information content (AvgIpc) is 2.37. The van der Waals surface area contributed by atoms with Gasteiger partial charge in [-0.1, -0.05) is 22.9 Å². The lowest BCUT2D eigenvalue weighted by Crippen LogP contribution is -2.15. The molecule has 0 unspecified atom stereocenters. The first kappa shape index (κ1) is 15.5. The molecule has 0 spiro atoms. The molecule has 0 saturated carbocycles. The maximum absolute atomic E-state index is 5.73. The van der Waals surface area contributed by atoms with Crippen LogP contribution in [-0.2, 0) is 0 Å². The van der Waals surface area contributed by atoms with Crippen molar-refractivity contribution in [3.8, 4) is 5.75 Å². The van der Waals surface area contributed by atoms with E-state index in [9.17, 15) is 0 Å².